The Morgan fingerprint density at radius 1 is 1.11 bits per heavy atom. The lowest BCUT2D eigenvalue weighted by atomic mass is 10.1. The van der Waals surface area contributed by atoms with E-state index < -0.39 is 5.91 Å². The van der Waals surface area contributed by atoms with Crippen LogP contribution in [0.2, 0.25) is 5.02 Å². The highest BCUT2D eigenvalue weighted by Crippen LogP contribution is 2.24. The minimum atomic E-state index is -0.447. The van der Waals surface area contributed by atoms with Crippen molar-refractivity contribution >= 4 is 29.3 Å². The molecule has 0 unspecified atom stereocenters. The topological polar surface area (TPSA) is 57.8 Å². The molecular weight excluding hydrogens is 370 g/mol. The Labute approximate surface area is 169 Å². The van der Waals surface area contributed by atoms with Crippen molar-refractivity contribution in [1.82, 2.24) is 4.57 Å². The van der Waals surface area contributed by atoms with Gasteiger partial charge < -0.3 is 9.88 Å². The van der Waals surface area contributed by atoms with Crippen LogP contribution in [0.1, 0.15) is 22.5 Å². The van der Waals surface area contributed by atoms with Gasteiger partial charge in [0.15, 0.2) is 0 Å². The van der Waals surface area contributed by atoms with Gasteiger partial charge in [-0.25, -0.2) is 0 Å². The van der Waals surface area contributed by atoms with Crippen molar-refractivity contribution in [2.45, 2.75) is 20.8 Å². The van der Waals surface area contributed by atoms with Crippen LogP contribution in [0, 0.1) is 32.1 Å². The van der Waals surface area contributed by atoms with Crippen LogP contribution in [0.15, 0.2) is 60.2 Å². The molecule has 3 rings (SSSR count). The van der Waals surface area contributed by atoms with E-state index >= 15 is 0 Å². The zero-order valence-electron chi connectivity index (χ0n) is 16.0. The molecular formula is C23H20ClN3O. The van der Waals surface area contributed by atoms with Gasteiger partial charge in [-0.05, 0) is 74.4 Å². The first-order chi connectivity index (χ1) is 13.4. The van der Waals surface area contributed by atoms with Crippen LogP contribution < -0.4 is 5.32 Å². The van der Waals surface area contributed by atoms with Crippen molar-refractivity contribution < 1.29 is 4.79 Å². The fraction of sp³-hybridized carbons (Fsp3) is 0.130. The van der Waals surface area contributed by atoms with E-state index in [1.807, 2.05) is 63.2 Å². The van der Waals surface area contributed by atoms with Gasteiger partial charge in [-0.2, -0.15) is 5.26 Å². The fourth-order valence-corrected chi connectivity index (χ4v) is 3.40. The third kappa shape index (κ3) is 4.00. The molecule has 5 heteroatoms. The third-order valence-corrected chi connectivity index (χ3v) is 4.82. The van der Waals surface area contributed by atoms with Crippen molar-refractivity contribution in [3.63, 3.8) is 0 Å². The lowest BCUT2D eigenvalue weighted by molar-refractivity contribution is -0.112. The van der Waals surface area contributed by atoms with Gasteiger partial charge in [0.05, 0.1) is 0 Å². The molecule has 4 nitrogen and oxygen atoms in total. The average molecular weight is 390 g/mol. The van der Waals surface area contributed by atoms with Crippen molar-refractivity contribution in [2.24, 2.45) is 0 Å². The quantitative estimate of drug-likeness (QED) is 0.466. The molecule has 3 aromatic rings. The molecule has 0 aliphatic carbocycles. The molecule has 1 amide bonds. The molecule has 140 valence electrons. The number of nitrogens with one attached hydrogen (secondary N) is 1. The van der Waals surface area contributed by atoms with Gasteiger partial charge >= 0.3 is 0 Å². The van der Waals surface area contributed by atoms with Crippen molar-refractivity contribution in [3.8, 4) is 11.8 Å². The van der Waals surface area contributed by atoms with E-state index in [1.165, 1.54) is 0 Å². The Hall–Kier alpha value is -3.29. The van der Waals surface area contributed by atoms with Crippen LogP contribution in [0.4, 0.5) is 5.69 Å². The number of para-hydroxylation sites is 1. The van der Waals surface area contributed by atoms with Gasteiger partial charge in [-0.1, -0.05) is 29.8 Å². The molecule has 0 atom stereocenters. The van der Waals surface area contributed by atoms with Gasteiger partial charge in [-0.3, -0.25) is 4.79 Å². The molecule has 0 aliphatic heterocycles. The molecule has 0 bridgehead atoms. The summed E-state index contributed by atoms with van der Waals surface area (Å²) in [7, 11) is 0. The maximum atomic E-state index is 12.6. The summed E-state index contributed by atoms with van der Waals surface area (Å²) in [6.45, 7) is 5.83. The number of nitriles is 1. The van der Waals surface area contributed by atoms with E-state index in [-0.39, 0.29) is 5.57 Å². The highest BCUT2D eigenvalue weighted by atomic mass is 35.5. The Morgan fingerprint density at radius 3 is 2.46 bits per heavy atom. The molecule has 0 fully saturated rings. The van der Waals surface area contributed by atoms with Gasteiger partial charge in [-0.15, -0.1) is 0 Å². The molecule has 0 saturated carbocycles. The monoisotopic (exact) mass is 389 g/mol. The smallest absolute Gasteiger partial charge is 0.266 e. The molecule has 1 heterocycles. The number of anilines is 1. The first-order valence-corrected chi connectivity index (χ1v) is 9.22. The van der Waals surface area contributed by atoms with Crippen LogP contribution in [-0.4, -0.2) is 10.5 Å². The molecule has 0 aliphatic rings. The molecule has 28 heavy (non-hydrogen) atoms. The Morgan fingerprint density at radius 2 is 1.82 bits per heavy atom. The summed E-state index contributed by atoms with van der Waals surface area (Å²) in [5, 5.41) is 12.9. The normalized spacial score (nSPS) is 11.2. The average Bonchev–Trinajstić information content (AvgIpc) is 2.95. The number of hydrogen-bond donors (Lipinski definition) is 1. The second-order valence-electron chi connectivity index (χ2n) is 6.58. The Kier molecular flexibility index (Phi) is 5.67. The number of nitrogens with zero attached hydrogens (tertiary/aromatic N) is 2. The van der Waals surface area contributed by atoms with Crippen LogP contribution in [0.25, 0.3) is 11.8 Å². The number of aryl methyl sites for hydroxylation is 2. The maximum absolute atomic E-state index is 12.6. The van der Waals surface area contributed by atoms with Gasteiger partial charge in [0.25, 0.3) is 5.91 Å². The standard InChI is InChI=1S/C23H20ClN3O/c1-15-11-20(24)9-10-22(15)26-23(28)19(14-25)13-18-12-16(2)27(17(18)3)21-7-5-4-6-8-21/h4-13H,1-3H3,(H,26,28)/b19-13+. The number of aromatic nitrogens is 1. The second kappa shape index (κ2) is 8.16. The van der Waals surface area contributed by atoms with Crippen molar-refractivity contribution in [3.05, 3.63) is 87.7 Å². The zero-order valence-corrected chi connectivity index (χ0v) is 16.7. The number of rotatable bonds is 4. The number of benzene rings is 2. The van der Waals surface area contributed by atoms with E-state index in [2.05, 4.69) is 9.88 Å². The molecule has 2 aromatic carbocycles. The first-order valence-electron chi connectivity index (χ1n) is 8.84. The predicted molar refractivity (Wildman–Crippen MR) is 114 cm³/mol. The molecule has 1 aromatic heterocycles. The van der Waals surface area contributed by atoms with E-state index in [0.29, 0.717) is 10.7 Å². The van der Waals surface area contributed by atoms with E-state index in [1.54, 1.807) is 24.3 Å². The highest BCUT2D eigenvalue weighted by molar-refractivity contribution is 6.30. The summed E-state index contributed by atoms with van der Waals surface area (Å²) in [4.78, 5) is 12.6. The summed E-state index contributed by atoms with van der Waals surface area (Å²) in [6.07, 6.45) is 1.63. The van der Waals surface area contributed by atoms with Crippen LogP contribution in [0.5, 0.6) is 0 Å². The lowest BCUT2D eigenvalue weighted by Gasteiger charge is -2.09. The largest absolute Gasteiger partial charge is 0.321 e. The predicted octanol–water partition coefficient (Wildman–Crippen LogP) is 5.60. The van der Waals surface area contributed by atoms with Crippen molar-refractivity contribution in [2.75, 3.05) is 5.32 Å². The van der Waals surface area contributed by atoms with Crippen LogP contribution in [-0.2, 0) is 4.79 Å². The number of hydrogen-bond acceptors (Lipinski definition) is 2. The highest BCUT2D eigenvalue weighted by Gasteiger charge is 2.14. The Bertz CT molecular complexity index is 1100. The first kappa shape index (κ1) is 19.5. The van der Waals surface area contributed by atoms with E-state index in [0.717, 1.165) is 28.2 Å². The summed E-state index contributed by atoms with van der Waals surface area (Å²) >= 11 is 5.96. The number of amides is 1. The number of carbonyl (C=O) groups excluding carboxylic acids is 1. The summed E-state index contributed by atoms with van der Waals surface area (Å²) in [6, 6.07) is 19.1. The van der Waals surface area contributed by atoms with Gasteiger partial charge in [0.1, 0.15) is 11.6 Å². The van der Waals surface area contributed by atoms with E-state index in [4.69, 9.17) is 11.6 Å². The van der Waals surface area contributed by atoms with Crippen LogP contribution >= 0.6 is 11.6 Å². The summed E-state index contributed by atoms with van der Waals surface area (Å²) < 4.78 is 2.10. The summed E-state index contributed by atoms with van der Waals surface area (Å²) in [5.41, 5.74) is 5.37. The second-order valence-corrected chi connectivity index (χ2v) is 7.02. The third-order valence-electron chi connectivity index (χ3n) is 4.59. The lowest BCUT2D eigenvalue weighted by Crippen LogP contribution is -2.14. The Balaban J connectivity index is 1.93. The van der Waals surface area contributed by atoms with Crippen molar-refractivity contribution in [1.29, 1.82) is 5.26 Å². The van der Waals surface area contributed by atoms with E-state index in [9.17, 15) is 10.1 Å². The van der Waals surface area contributed by atoms with Crippen LogP contribution in [0.3, 0.4) is 0 Å². The molecule has 0 spiro atoms. The molecule has 0 saturated heterocycles. The minimum Gasteiger partial charge on any atom is -0.321 e. The van der Waals surface area contributed by atoms with Gasteiger partial charge in [0, 0.05) is 27.8 Å². The number of halogens is 1. The number of carbonyl (C=O) groups is 1. The zero-order chi connectivity index (χ0) is 20.3. The summed E-state index contributed by atoms with van der Waals surface area (Å²) in [5.74, 6) is -0.447. The minimum absolute atomic E-state index is 0.0441. The van der Waals surface area contributed by atoms with Gasteiger partial charge in [0.2, 0.25) is 0 Å². The fourth-order valence-electron chi connectivity index (χ4n) is 3.17. The SMILES string of the molecule is Cc1cc(Cl)ccc1NC(=O)/C(C#N)=C/c1cc(C)n(-c2ccccc2)c1C. The maximum Gasteiger partial charge on any atom is 0.266 e. The molecule has 0 radical (unpaired) electrons. The molecule has 1 N–H and O–H groups in total.